The van der Waals surface area contributed by atoms with Crippen LogP contribution >= 0.6 is 0 Å². The Kier molecular flexibility index (Phi) is 1.65. The van der Waals surface area contributed by atoms with Crippen LogP contribution in [0.1, 0.15) is 53.4 Å². The van der Waals surface area contributed by atoms with Crippen LogP contribution in [0.2, 0.25) is 0 Å². The SMILES string of the molecule is CC1(C)CCC[C@]2(C)C(=O)[C@@H]3C4[C@@H](C[C@@]3(C)O)[C@@]412. The summed E-state index contributed by atoms with van der Waals surface area (Å²) in [5.74, 6) is 1.42. The fraction of sp³-hybridized carbons (Fsp3) is 0.938. The van der Waals surface area contributed by atoms with E-state index in [1.807, 2.05) is 6.92 Å². The van der Waals surface area contributed by atoms with Crippen molar-refractivity contribution in [1.29, 1.82) is 0 Å². The van der Waals surface area contributed by atoms with Gasteiger partial charge >= 0.3 is 0 Å². The van der Waals surface area contributed by atoms with Gasteiger partial charge in [-0.05, 0) is 48.9 Å². The number of Topliss-reactive ketones (excluding diaryl/α,β-unsaturated/α-hetero) is 1. The largest absolute Gasteiger partial charge is 0.389 e. The second-order valence-corrected chi connectivity index (χ2v) is 8.47. The van der Waals surface area contributed by atoms with E-state index in [2.05, 4.69) is 20.8 Å². The van der Waals surface area contributed by atoms with Crippen LogP contribution in [-0.2, 0) is 4.79 Å². The number of rotatable bonds is 0. The van der Waals surface area contributed by atoms with Crippen LogP contribution in [0.25, 0.3) is 0 Å². The molecule has 0 amide bonds. The summed E-state index contributed by atoms with van der Waals surface area (Å²) in [7, 11) is 0. The van der Waals surface area contributed by atoms with Crippen LogP contribution in [0.4, 0.5) is 0 Å². The Labute approximate surface area is 109 Å². The maximum absolute atomic E-state index is 12.9. The number of ketones is 1. The molecule has 4 rings (SSSR count). The molecule has 0 aromatic carbocycles. The lowest BCUT2D eigenvalue weighted by molar-refractivity contribution is -0.140. The zero-order valence-electron chi connectivity index (χ0n) is 11.9. The highest BCUT2D eigenvalue weighted by Gasteiger charge is 2.91. The summed E-state index contributed by atoms with van der Waals surface area (Å²) in [5.41, 5.74) is -0.373. The monoisotopic (exact) mass is 248 g/mol. The van der Waals surface area contributed by atoms with Crippen molar-refractivity contribution >= 4 is 5.78 Å². The van der Waals surface area contributed by atoms with Crippen LogP contribution < -0.4 is 0 Å². The van der Waals surface area contributed by atoms with Gasteiger partial charge in [0.05, 0.1) is 11.5 Å². The van der Waals surface area contributed by atoms with Crippen LogP contribution in [0.3, 0.4) is 0 Å². The summed E-state index contributed by atoms with van der Waals surface area (Å²) in [6, 6.07) is 0. The van der Waals surface area contributed by atoms with E-state index in [4.69, 9.17) is 0 Å². The third-order valence-corrected chi connectivity index (χ3v) is 7.44. The molecule has 18 heavy (non-hydrogen) atoms. The second-order valence-electron chi connectivity index (χ2n) is 8.47. The minimum atomic E-state index is -0.728. The summed E-state index contributed by atoms with van der Waals surface area (Å²) in [6.07, 6.45) is 4.32. The summed E-state index contributed by atoms with van der Waals surface area (Å²) in [5, 5.41) is 10.6. The molecule has 0 radical (unpaired) electrons. The Morgan fingerprint density at radius 1 is 1.17 bits per heavy atom. The van der Waals surface area contributed by atoms with Crippen molar-refractivity contribution < 1.29 is 9.90 Å². The summed E-state index contributed by atoms with van der Waals surface area (Å²) < 4.78 is 0. The molecule has 100 valence electrons. The van der Waals surface area contributed by atoms with Crippen molar-refractivity contribution in [2.24, 2.45) is 34.0 Å². The summed E-state index contributed by atoms with van der Waals surface area (Å²) in [4.78, 5) is 12.9. The van der Waals surface area contributed by atoms with Crippen LogP contribution in [0.15, 0.2) is 0 Å². The molecule has 2 heteroatoms. The third kappa shape index (κ3) is 0.801. The van der Waals surface area contributed by atoms with Gasteiger partial charge in [0, 0.05) is 5.41 Å². The molecule has 4 aliphatic rings. The van der Waals surface area contributed by atoms with Crippen molar-refractivity contribution in [3.63, 3.8) is 0 Å². The number of aliphatic hydroxyl groups is 1. The van der Waals surface area contributed by atoms with E-state index in [-0.39, 0.29) is 22.2 Å². The molecule has 0 bridgehead atoms. The fourth-order valence-electron chi connectivity index (χ4n) is 7.12. The first-order valence-electron chi connectivity index (χ1n) is 7.47. The van der Waals surface area contributed by atoms with Gasteiger partial charge in [-0.2, -0.15) is 0 Å². The van der Waals surface area contributed by atoms with Crippen LogP contribution in [0, 0.1) is 34.0 Å². The van der Waals surface area contributed by atoms with Gasteiger partial charge < -0.3 is 5.11 Å². The maximum Gasteiger partial charge on any atom is 0.145 e. The fourth-order valence-corrected chi connectivity index (χ4v) is 7.12. The molecule has 1 unspecified atom stereocenters. The van der Waals surface area contributed by atoms with Crippen LogP contribution in [-0.4, -0.2) is 16.5 Å². The lowest BCUT2D eigenvalue weighted by Gasteiger charge is -2.50. The van der Waals surface area contributed by atoms with Gasteiger partial charge in [-0.15, -0.1) is 0 Å². The molecule has 0 aliphatic heterocycles. The van der Waals surface area contributed by atoms with Crippen molar-refractivity contribution in [3.8, 4) is 0 Å². The van der Waals surface area contributed by atoms with E-state index in [0.29, 0.717) is 17.6 Å². The highest BCUT2D eigenvalue weighted by molar-refractivity contribution is 5.95. The lowest BCUT2D eigenvalue weighted by atomic mass is 9.53. The average molecular weight is 248 g/mol. The number of hydrogen-bond donors (Lipinski definition) is 1. The summed E-state index contributed by atoms with van der Waals surface area (Å²) in [6.45, 7) is 8.84. The Morgan fingerprint density at radius 3 is 2.50 bits per heavy atom. The van der Waals surface area contributed by atoms with Gasteiger partial charge in [0.1, 0.15) is 5.78 Å². The van der Waals surface area contributed by atoms with Gasteiger partial charge in [-0.3, -0.25) is 4.79 Å². The third-order valence-electron chi connectivity index (χ3n) is 7.44. The molecule has 1 N–H and O–H groups in total. The molecule has 4 aliphatic carbocycles. The molecule has 6 atom stereocenters. The lowest BCUT2D eigenvalue weighted by Crippen LogP contribution is -2.47. The van der Waals surface area contributed by atoms with E-state index < -0.39 is 5.60 Å². The average Bonchev–Trinajstić information content (AvgIpc) is 2.67. The molecular formula is C16H24O2. The van der Waals surface area contributed by atoms with Crippen molar-refractivity contribution in [2.75, 3.05) is 0 Å². The standard InChI is InChI=1S/C16H24O2/c1-13(2)6-5-7-14(3)12(17)11-10-9(16(10,13)14)8-15(11,4)18/h9-11,18H,5-8H2,1-4H3/t9-,10?,11+,14-,15-,16-/m1/s1. The van der Waals surface area contributed by atoms with E-state index in [1.165, 1.54) is 12.8 Å². The van der Waals surface area contributed by atoms with Crippen LogP contribution in [0.5, 0.6) is 0 Å². The highest BCUT2D eigenvalue weighted by atomic mass is 16.3. The van der Waals surface area contributed by atoms with E-state index in [1.54, 1.807) is 0 Å². The minimum Gasteiger partial charge on any atom is -0.389 e. The first-order valence-corrected chi connectivity index (χ1v) is 7.47. The van der Waals surface area contributed by atoms with Gasteiger partial charge in [-0.25, -0.2) is 0 Å². The number of carbonyl (C=O) groups excluding carboxylic acids is 1. The molecule has 0 aromatic heterocycles. The Bertz CT molecular complexity index is 464. The highest BCUT2D eigenvalue weighted by Crippen LogP contribution is 2.90. The summed E-state index contributed by atoms with van der Waals surface area (Å²) >= 11 is 0. The molecule has 0 heterocycles. The maximum atomic E-state index is 12.9. The van der Waals surface area contributed by atoms with E-state index in [0.717, 1.165) is 12.8 Å². The van der Waals surface area contributed by atoms with Crippen molar-refractivity contribution in [1.82, 2.24) is 0 Å². The second kappa shape index (κ2) is 2.59. The van der Waals surface area contributed by atoms with E-state index >= 15 is 0 Å². The first-order chi connectivity index (χ1) is 8.20. The van der Waals surface area contributed by atoms with Gasteiger partial charge in [0.15, 0.2) is 0 Å². The zero-order chi connectivity index (χ0) is 13.1. The Balaban J connectivity index is 1.93. The predicted octanol–water partition coefficient (Wildman–Crippen LogP) is 2.79. The first kappa shape index (κ1) is 11.5. The molecule has 0 saturated heterocycles. The minimum absolute atomic E-state index is 0.0649. The van der Waals surface area contributed by atoms with Gasteiger partial charge in [0.2, 0.25) is 0 Å². The normalized spacial score (nSPS) is 63.6. The molecule has 0 aromatic rings. The Morgan fingerprint density at radius 2 is 1.83 bits per heavy atom. The van der Waals surface area contributed by atoms with Crippen molar-refractivity contribution in [2.45, 2.75) is 59.0 Å². The Hall–Kier alpha value is -0.370. The molecule has 4 saturated carbocycles. The molecule has 4 fully saturated rings. The topological polar surface area (TPSA) is 37.3 Å². The number of hydrogen-bond acceptors (Lipinski definition) is 2. The molecular weight excluding hydrogens is 224 g/mol. The quantitative estimate of drug-likeness (QED) is 0.715. The van der Waals surface area contributed by atoms with Gasteiger partial charge in [-0.1, -0.05) is 27.2 Å². The molecule has 1 spiro atoms. The zero-order valence-corrected chi connectivity index (χ0v) is 11.9. The predicted molar refractivity (Wildman–Crippen MR) is 68.9 cm³/mol. The number of carbonyl (C=O) groups is 1. The van der Waals surface area contributed by atoms with E-state index in [9.17, 15) is 9.90 Å². The van der Waals surface area contributed by atoms with Crippen molar-refractivity contribution in [3.05, 3.63) is 0 Å². The smallest absolute Gasteiger partial charge is 0.145 e. The molecule has 2 nitrogen and oxygen atoms in total. The van der Waals surface area contributed by atoms with Gasteiger partial charge in [0.25, 0.3) is 0 Å².